The van der Waals surface area contributed by atoms with Crippen molar-refractivity contribution in [2.45, 2.75) is 31.9 Å². The van der Waals surface area contributed by atoms with Crippen LogP contribution in [0.15, 0.2) is 36.9 Å². The lowest BCUT2D eigenvalue weighted by atomic mass is 9.94. The van der Waals surface area contributed by atoms with Crippen molar-refractivity contribution < 1.29 is 14.7 Å². The van der Waals surface area contributed by atoms with E-state index in [9.17, 15) is 9.90 Å². The lowest BCUT2D eigenvalue weighted by molar-refractivity contribution is -0.182. The summed E-state index contributed by atoms with van der Waals surface area (Å²) < 4.78 is 0. The standard InChI is InChI=1S/C19H23N5O3/c25-13-14-10-16(12-20-11-14)17-4-9-27-24(17)18(26)15-2-7-23(8-3-15)19-21-5-1-6-22-19/h1,5-6,10-12,15,17,25H,2-4,7-9,13H2. The Hall–Kier alpha value is -2.58. The molecule has 8 nitrogen and oxygen atoms in total. The van der Waals surface area contributed by atoms with Crippen molar-refractivity contribution in [1.82, 2.24) is 20.0 Å². The maximum atomic E-state index is 13.1. The molecule has 0 spiro atoms. The first-order chi connectivity index (χ1) is 13.3. The minimum absolute atomic E-state index is 0.0283. The highest BCUT2D eigenvalue weighted by Crippen LogP contribution is 2.33. The average molecular weight is 369 g/mol. The molecule has 2 aromatic rings. The summed E-state index contributed by atoms with van der Waals surface area (Å²) in [6.07, 6.45) is 9.07. The summed E-state index contributed by atoms with van der Waals surface area (Å²) in [6, 6.07) is 3.54. The van der Waals surface area contributed by atoms with Gasteiger partial charge in [-0.1, -0.05) is 0 Å². The summed E-state index contributed by atoms with van der Waals surface area (Å²) in [5.41, 5.74) is 1.64. The molecule has 2 aromatic heterocycles. The zero-order valence-corrected chi connectivity index (χ0v) is 15.1. The van der Waals surface area contributed by atoms with E-state index in [0.29, 0.717) is 12.6 Å². The SMILES string of the molecule is O=C(C1CCN(c2ncccn2)CC1)N1OCCC1c1cncc(CO)c1. The Balaban J connectivity index is 1.42. The second-order valence-corrected chi connectivity index (χ2v) is 6.90. The summed E-state index contributed by atoms with van der Waals surface area (Å²) in [7, 11) is 0. The normalized spacial score (nSPS) is 20.9. The molecule has 4 rings (SSSR count). The monoisotopic (exact) mass is 369 g/mol. The molecule has 0 bridgehead atoms. The number of hydrogen-bond acceptors (Lipinski definition) is 7. The molecular weight excluding hydrogens is 346 g/mol. The van der Waals surface area contributed by atoms with E-state index < -0.39 is 0 Å². The van der Waals surface area contributed by atoms with Gasteiger partial charge in [0, 0.05) is 50.2 Å². The largest absolute Gasteiger partial charge is 0.392 e. The Morgan fingerprint density at radius 1 is 1.19 bits per heavy atom. The Morgan fingerprint density at radius 2 is 1.96 bits per heavy atom. The van der Waals surface area contributed by atoms with Crippen LogP contribution in [-0.4, -0.2) is 50.7 Å². The Kier molecular flexibility index (Phi) is 5.26. The quantitative estimate of drug-likeness (QED) is 0.873. The van der Waals surface area contributed by atoms with Gasteiger partial charge in [0.15, 0.2) is 0 Å². The van der Waals surface area contributed by atoms with Crippen LogP contribution in [0.5, 0.6) is 0 Å². The van der Waals surface area contributed by atoms with Gasteiger partial charge < -0.3 is 10.0 Å². The maximum Gasteiger partial charge on any atom is 0.249 e. The fourth-order valence-corrected chi connectivity index (χ4v) is 3.73. The van der Waals surface area contributed by atoms with Crippen LogP contribution in [0.4, 0.5) is 5.95 Å². The van der Waals surface area contributed by atoms with Crippen LogP contribution in [0.1, 0.15) is 36.4 Å². The smallest absolute Gasteiger partial charge is 0.249 e. The summed E-state index contributed by atoms with van der Waals surface area (Å²) in [6.45, 7) is 1.94. The predicted molar refractivity (Wildman–Crippen MR) is 97.3 cm³/mol. The van der Waals surface area contributed by atoms with Gasteiger partial charge in [0.1, 0.15) is 0 Å². The third-order valence-electron chi connectivity index (χ3n) is 5.18. The molecule has 2 fully saturated rings. The predicted octanol–water partition coefficient (Wildman–Crippen LogP) is 1.49. The number of aliphatic hydroxyl groups is 1. The third-order valence-corrected chi connectivity index (χ3v) is 5.18. The molecule has 0 aromatic carbocycles. The summed E-state index contributed by atoms with van der Waals surface area (Å²) in [4.78, 5) is 33.6. The van der Waals surface area contributed by atoms with E-state index in [1.807, 2.05) is 6.07 Å². The van der Waals surface area contributed by atoms with E-state index >= 15 is 0 Å². The molecule has 2 aliphatic rings. The average Bonchev–Trinajstić information content (AvgIpc) is 3.24. The van der Waals surface area contributed by atoms with Gasteiger partial charge >= 0.3 is 0 Å². The zero-order valence-electron chi connectivity index (χ0n) is 15.1. The number of carbonyl (C=O) groups excluding carboxylic acids is 1. The van der Waals surface area contributed by atoms with E-state index in [4.69, 9.17) is 4.84 Å². The molecule has 4 heterocycles. The maximum absolute atomic E-state index is 13.1. The minimum atomic E-state index is -0.146. The molecule has 27 heavy (non-hydrogen) atoms. The van der Waals surface area contributed by atoms with Crippen LogP contribution < -0.4 is 4.90 Å². The van der Waals surface area contributed by atoms with Crippen molar-refractivity contribution in [3.8, 4) is 0 Å². The number of hydrogen-bond donors (Lipinski definition) is 1. The molecule has 1 unspecified atom stereocenters. The van der Waals surface area contributed by atoms with Gasteiger partial charge in [0.05, 0.1) is 19.3 Å². The molecule has 8 heteroatoms. The minimum Gasteiger partial charge on any atom is -0.392 e. The Bertz CT molecular complexity index is 780. The molecule has 1 N–H and O–H groups in total. The first-order valence-corrected chi connectivity index (χ1v) is 9.29. The van der Waals surface area contributed by atoms with Gasteiger partial charge in [-0.15, -0.1) is 0 Å². The highest BCUT2D eigenvalue weighted by Gasteiger charge is 2.37. The fraction of sp³-hybridized carbons (Fsp3) is 0.474. The van der Waals surface area contributed by atoms with Gasteiger partial charge in [-0.25, -0.2) is 15.0 Å². The van der Waals surface area contributed by atoms with E-state index in [1.54, 1.807) is 30.9 Å². The molecule has 1 amide bonds. The van der Waals surface area contributed by atoms with Gasteiger partial charge in [-0.2, -0.15) is 0 Å². The van der Waals surface area contributed by atoms with Crippen LogP contribution in [0.3, 0.4) is 0 Å². The van der Waals surface area contributed by atoms with Crippen molar-refractivity contribution in [3.63, 3.8) is 0 Å². The molecule has 142 valence electrons. The van der Waals surface area contributed by atoms with Crippen LogP contribution in [0.25, 0.3) is 0 Å². The van der Waals surface area contributed by atoms with Crippen LogP contribution >= 0.6 is 0 Å². The molecule has 2 aliphatic heterocycles. The number of pyridine rings is 1. The first-order valence-electron chi connectivity index (χ1n) is 9.29. The van der Waals surface area contributed by atoms with Crippen molar-refractivity contribution in [3.05, 3.63) is 48.0 Å². The molecular formula is C19H23N5O3. The second kappa shape index (κ2) is 7.98. The molecule has 0 saturated carbocycles. The van der Waals surface area contributed by atoms with Crippen molar-refractivity contribution in [2.24, 2.45) is 5.92 Å². The molecule has 0 aliphatic carbocycles. The number of carbonyl (C=O) groups is 1. The number of hydroxylamine groups is 2. The molecule has 0 radical (unpaired) electrons. The number of piperidine rings is 1. The lowest BCUT2D eigenvalue weighted by Gasteiger charge is -2.34. The molecule has 1 atom stereocenters. The van der Waals surface area contributed by atoms with Gasteiger partial charge in [-0.3, -0.25) is 14.6 Å². The fourth-order valence-electron chi connectivity index (χ4n) is 3.73. The number of amides is 1. The third kappa shape index (κ3) is 3.77. The second-order valence-electron chi connectivity index (χ2n) is 6.90. The topological polar surface area (TPSA) is 91.7 Å². The number of rotatable bonds is 4. The van der Waals surface area contributed by atoms with Crippen LogP contribution in [0, 0.1) is 5.92 Å². The highest BCUT2D eigenvalue weighted by atomic mass is 16.7. The van der Waals surface area contributed by atoms with Crippen LogP contribution in [-0.2, 0) is 16.2 Å². The van der Waals surface area contributed by atoms with E-state index in [2.05, 4.69) is 19.9 Å². The van der Waals surface area contributed by atoms with E-state index in [1.165, 1.54) is 5.06 Å². The first kappa shape index (κ1) is 17.8. The van der Waals surface area contributed by atoms with E-state index in [0.717, 1.165) is 43.5 Å². The Labute approximate surface area is 157 Å². The molecule has 2 saturated heterocycles. The number of nitrogens with zero attached hydrogens (tertiary/aromatic N) is 5. The van der Waals surface area contributed by atoms with Gasteiger partial charge in [-0.05, 0) is 36.1 Å². The van der Waals surface area contributed by atoms with Gasteiger partial charge in [0.2, 0.25) is 11.9 Å². The van der Waals surface area contributed by atoms with Gasteiger partial charge in [0.25, 0.3) is 0 Å². The summed E-state index contributed by atoms with van der Waals surface area (Å²) in [5.74, 6) is 0.672. The number of aliphatic hydroxyl groups excluding tert-OH is 1. The van der Waals surface area contributed by atoms with Crippen molar-refractivity contribution in [1.29, 1.82) is 0 Å². The number of aromatic nitrogens is 3. The highest BCUT2D eigenvalue weighted by molar-refractivity contribution is 5.79. The van der Waals surface area contributed by atoms with Crippen molar-refractivity contribution >= 4 is 11.9 Å². The zero-order chi connectivity index (χ0) is 18.6. The van der Waals surface area contributed by atoms with E-state index in [-0.39, 0.29) is 24.5 Å². The summed E-state index contributed by atoms with van der Waals surface area (Å²) >= 11 is 0. The Morgan fingerprint density at radius 3 is 2.70 bits per heavy atom. The van der Waals surface area contributed by atoms with Crippen molar-refractivity contribution in [2.75, 3.05) is 24.6 Å². The summed E-state index contributed by atoms with van der Waals surface area (Å²) in [5, 5.41) is 10.9. The number of anilines is 1. The van der Waals surface area contributed by atoms with Crippen LogP contribution in [0.2, 0.25) is 0 Å². The lowest BCUT2D eigenvalue weighted by Crippen LogP contribution is -2.42.